The molecule has 0 unspecified atom stereocenters. The minimum absolute atomic E-state index is 0.0836. The molecule has 2 aromatic rings. The lowest BCUT2D eigenvalue weighted by Crippen LogP contribution is -1.99. The number of rotatable bonds is 12. The summed E-state index contributed by atoms with van der Waals surface area (Å²) in [5.74, 6) is 6.35. The number of methoxy groups -OCH3 is 1. The zero-order valence-electron chi connectivity index (χ0n) is 17.8. The van der Waals surface area contributed by atoms with Gasteiger partial charge in [0.2, 0.25) is 0 Å². The molecule has 0 saturated carbocycles. The maximum atomic E-state index is 11.0. The highest BCUT2D eigenvalue weighted by Crippen LogP contribution is 2.13. The van der Waals surface area contributed by atoms with Crippen molar-refractivity contribution in [2.75, 3.05) is 7.11 Å². The van der Waals surface area contributed by atoms with Crippen molar-refractivity contribution in [3.8, 4) is 11.8 Å². The van der Waals surface area contributed by atoms with Crippen LogP contribution < -0.4 is 0 Å². The van der Waals surface area contributed by atoms with E-state index in [1.807, 2.05) is 30.3 Å². The van der Waals surface area contributed by atoms with Gasteiger partial charge >= 0.3 is 5.97 Å². The Hall–Kier alpha value is -2.53. The van der Waals surface area contributed by atoms with Gasteiger partial charge in [-0.2, -0.15) is 0 Å². The van der Waals surface area contributed by atoms with E-state index in [1.54, 1.807) is 0 Å². The third-order valence-electron chi connectivity index (χ3n) is 5.15. The Morgan fingerprint density at radius 1 is 0.690 bits per heavy atom. The predicted molar refractivity (Wildman–Crippen MR) is 121 cm³/mol. The summed E-state index contributed by atoms with van der Waals surface area (Å²) in [5.41, 5.74) is 3.53. The van der Waals surface area contributed by atoms with Crippen molar-refractivity contribution >= 4 is 5.97 Å². The first kappa shape index (κ1) is 22.8. The monoisotopic (exact) mass is 390 g/mol. The Kier molecular flexibility index (Phi) is 11.4. The van der Waals surface area contributed by atoms with Gasteiger partial charge in [0.05, 0.1) is 7.11 Å². The topological polar surface area (TPSA) is 26.3 Å². The lowest BCUT2D eigenvalue weighted by atomic mass is 10.0. The summed E-state index contributed by atoms with van der Waals surface area (Å²) >= 11 is 0. The van der Waals surface area contributed by atoms with Crippen molar-refractivity contribution in [3.63, 3.8) is 0 Å². The molecule has 0 aliphatic carbocycles. The molecule has 0 atom stereocenters. The highest BCUT2D eigenvalue weighted by Gasteiger charge is 1.99. The van der Waals surface area contributed by atoms with E-state index in [0.717, 1.165) is 30.4 Å². The van der Waals surface area contributed by atoms with Crippen LogP contribution in [0.3, 0.4) is 0 Å². The molecule has 2 rings (SSSR count). The maximum absolute atomic E-state index is 11.0. The minimum atomic E-state index is -0.0836. The largest absolute Gasteiger partial charge is 0.469 e. The van der Waals surface area contributed by atoms with E-state index in [9.17, 15) is 4.79 Å². The fourth-order valence-electron chi connectivity index (χ4n) is 3.36. The average Bonchev–Trinajstić information content (AvgIpc) is 2.77. The molecule has 0 bridgehead atoms. The highest BCUT2D eigenvalue weighted by atomic mass is 16.5. The third-order valence-corrected chi connectivity index (χ3v) is 5.15. The van der Waals surface area contributed by atoms with Gasteiger partial charge in [0.25, 0.3) is 0 Å². The smallest absolute Gasteiger partial charge is 0.305 e. The maximum Gasteiger partial charge on any atom is 0.305 e. The van der Waals surface area contributed by atoms with Gasteiger partial charge in [0.1, 0.15) is 0 Å². The molecule has 0 saturated heterocycles. The van der Waals surface area contributed by atoms with Crippen molar-refractivity contribution in [2.24, 2.45) is 0 Å². The van der Waals surface area contributed by atoms with Crippen molar-refractivity contribution in [1.82, 2.24) is 0 Å². The van der Waals surface area contributed by atoms with Gasteiger partial charge in [0, 0.05) is 17.5 Å². The zero-order valence-corrected chi connectivity index (χ0v) is 17.8. The number of esters is 1. The third kappa shape index (κ3) is 10.5. The summed E-state index contributed by atoms with van der Waals surface area (Å²) in [6, 6.07) is 18.8. The van der Waals surface area contributed by atoms with Crippen LogP contribution in [0.5, 0.6) is 0 Å². The van der Waals surface area contributed by atoms with Gasteiger partial charge in [-0.1, -0.05) is 87.1 Å². The fraction of sp³-hybridized carbons (Fsp3) is 0.444. The molecule has 0 heterocycles. The van der Waals surface area contributed by atoms with E-state index >= 15 is 0 Å². The lowest BCUT2D eigenvalue weighted by Gasteiger charge is -2.04. The first-order valence-corrected chi connectivity index (χ1v) is 11.0. The van der Waals surface area contributed by atoms with Crippen molar-refractivity contribution in [3.05, 3.63) is 71.3 Å². The number of unbranched alkanes of at least 4 members (excludes halogenated alkanes) is 8. The number of hydrogen-bond donors (Lipinski definition) is 0. The van der Waals surface area contributed by atoms with E-state index in [1.165, 1.54) is 57.6 Å². The summed E-state index contributed by atoms with van der Waals surface area (Å²) in [6.07, 6.45) is 12.9. The molecular weight excluding hydrogens is 356 g/mol. The van der Waals surface area contributed by atoms with Crippen molar-refractivity contribution < 1.29 is 9.53 Å². The Labute approximate surface area is 176 Å². The second-order valence-electron chi connectivity index (χ2n) is 7.57. The van der Waals surface area contributed by atoms with Gasteiger partial charge < -0.3 is 4.74 Å². The second kappa shape index (κ2) is 14.5. The summed E-state index contributed by atoms with van der Waals surface area (Å²) < 4.78 is 4.65. The molecule has 2 heteroatoms. The molecule has 0 aromatic heterocycles. The predicted octanol–water partition coefficient (Wildman–Crippen LogP) is 6.70. The van der Waals surface area contributed by atoms with Crippen LogP contribution in [-0.4, -0.2) is 13.1 Å². The first-order valence-electron chi connectivity index (χ1n) is 11.0. The number of hydrogen-bond acceptors (Lipinski definition) is 2. The standard InChI is InChI=1S/C27H34O2/c1-29-27(28)17-13-8-6-4-2-3-5-7-10-16-25-19-22-26(23-20-25)21-18-24-14-11-9-12-15-24/h9,11-12,14-15,19-20,22-23H,2-8,10,13,16-17H2,1H3. The molecular formula is C27H34O2. The van der Waals surface area contributed by atoms with Crippen LogP contribution >= 0.6 is 0 Å². The van der Waals surface area contributed by atoms with E-state index in [-0.39, 0.29) is 5.97 Å². The Bertz CT molecular complexity index is 751. The second-order valence-corrected chi connectivity index (χ2v) is 7.57. The van der Waals surface area contributed by atoms with Crippen LogP contribution in [0.25, 0.3) is 0 Å². The van der Waals surface area contributed by atoms with E-state index in [0.29, 0.717) is 6.42 Å². The first-order chi connectivity index (χ1) is 14.3. The number of ether oxygens (including phenoxy) is 1. The average molecular weight is 391 g/mol. The molecule has 154 valence electrons. The lowest BCUT2D eigenvalue weighted by molar-refractivity contribution is -0.140. The molecule has 0 fully saturated rings. The van der Waals surface area contributed by atoms with Gasteiger partial charge in [-0.25, -0.2) is 0 Å². The summed E-state index contributed by atoms with van der Waals surface area (Å²) in [7, 11) is 1.46. The summed E-state index contributed by atoms with van der Waals surface area (Å²) in [5, 5.41) is 0. The summed E-state index contributed by atoms with van der Waals surface area (Å²) in [4.78, 5) is 11.0. The normalized spacial score (nSPS) is 10.2. The van der Waals surface area contributed by atoms with Crippen LogP contribution in [0.4, 0.5) is 0 Å². The Balaban J connectivity index is 1.49. The number of carbonyl (C=O) groups is 1. The molecule has 0 aliphatic heterocycles. The quantitative estimate of drug-likeness (QED) is 0.229. The van der Waals surface area contributed by atoms with Crippen LogP contribution in [0.1, 0.15) is 80.9 Å². The molecule has 29 heavy (non-hydrogen) atoms. The molecule has 2 aromatic carbocycles. The van der Waals surface area contributed by atoms with Crippen LogP contribution in [0.2, 0.25) is 0 Å². The summed E-state index contributed by atoms with van der Waals surface area (Å²) in [6.45, 7) is 0. The molecule has 0 amide bonds. The van der Waals surface area contributed by atoms with E-state index in [4.69, 9.17) is 0 Å². The van der Waals surface area contributed by atoms with Crippen molar-refractivity contribution in [2.45, 2.75) is 70.6 Å². The van der Waals surface area contributed by atoms with Gasteiger partial charge in [-0.3, -0.25) is 4.79 Å². The van der Waals surface area contributed by atoms with Gasteiger partial charge in [-0.05, 0) is 49.1 Å². The van der Waals surface area contributed by atoms with Gasteiger partial charge in [0.15, 0.2) is 0 Å². The number of aryl methyl sites for hydroxylation is 1. The Morgan fingerprint density at radius 3 is 1.79 bits per heavy atom. The number of benzene rings is 2. The Morgan fingerprint density at radius 2 is 1.21 bits per heavy atom. The molecule has 2 nitrogen and oxygen atoms in total. The molecule has 0 N–H and O–H groups in total. The molecule has 0 spiro atoms. The van der Waals surface area contributed by atoms with Gasteiger partial charge in [-0.15, -0.1) is 0 Å². The van der Waals surface area contributed by atoms with Crippen LogP contribution in [-0.2, 0) is 16.0 Å². The van der Waals surface area contributed by atoms with Crippen molar-refractivity contribution in [1.29, 1.82) is 0 Å². The van der Waals surface area contributed by atoms with E-state index < -0.39 is 0 Å². The van der Waals surface area contributed by atoms with Crippen LogP contribution in [0.15, 0.2) is 54.6 Å². The number of carbonyl (C=O) groups excluding carboxylic acids is 1. The van der Waals surface area contributed by atoms with Crippen LogP contribution in [0, 0.1) is 11.8 Å². The van der Waals surface area contributed by atoms with E-state index in [2.05, 4.69) is 40.8 Å². The minimum Gasteiger partial charge on any atom is -0.469 e. The fourth-order valence-corrected chi connectivity index (χ4v) is 3.36. The molecule has 0 radical (unpaired) electrons. The zero-order chi connectivity index (χ0) is 20.6. The highest BCUT2D eigenvalue weighted by molar-refractivity contribution is 5.68. The molecule has 0 aliphatic rings. The SMILES string of the molecule is COC(=O)CCCCCCCCCCCc1ccc(C#Cc2ccccc2)cc1.